The van der Waals surface area contributed by atoms with Gasteiger partial charge >= 0.3 is 16.3 Å². The molecule has 0 atom stereocenters. The normalized spacial score (nSPS) is 10.9. The molecule has 0 spiro atoms. The number of hydrogen-bond acceptors (Lipinski definition) is 3. The van der Waals surface area contributed by atoms with Gasteiger partial charge in [-0.25, -0.2) is 9.52 Å². The summed E-state index contributed by atoms with van der Waals surface area (Å²) in [6, 6.07) is 7.17. The third-order valence-electron chi connectivity index (χ3n) is 1.45. The fraction of sp³-hybridized carbons (Fsp3) is 0. The van der Waals surface area contributed by atoms with E-state index in [2.05, 4.69) is 30.0 Å². The Labute approximate surface area is 80.6 Å². The van der Waals surface area contributed by atoms with E-state index < -0.39 is 16.3 Å². The molecule has 0 heterocycles. The number of primary amides is 1. The summed E-state index contributed by atoms with van der Waals surface area (Å²) in [5.74, 6) is 0. The van der Waals surface area contributed by atoms with E-state index in [1.165, 1.54) is 11.1 Å². The van der Waals surface area contributed by atoms with Crippen LogP contribution >= 0.6 is 0 Å². The Bertz CT molecular complexity index is 416. The van der Waals surface area contributed by atoms with Gasteiger partial charge in [0.05, 0.1) is 0 Å². The van der Waals surface area contributed by atoms with Crippen LogP contribution in [-0.2, 0) is 10.3 Å². The maximum atomic E-state index is 9.59. The number of amides is 2. The van der Waals surface area contributed by atoms with E-state index in [4.69, 9.17) is 4.55 Å². The minimum Gasteiger partial charge on any atom is -0.351 e. The molecule has 0 aromatic carbocycles. The quantitative estimate of drug-likeness (QED) is 0.588. The monoisotopic (exact) mass is 216 g/mol. The zero-order valence-electron chi connectivity index (χ0n) is 6.97. The molecule has 2 rings (SSSR count). The highest BCUT2D eigenvalue weighted by Gasteiger charge is 2.04. The number of nitrogens with two attached hydrogens (primary N) is 1. The van der Waals surface area contributed by atoms with Crippen LogP contribution in [0.1, 0.15) is 0 Å². The molecule has 2 aliphatic rings. The molecule has 0 aromatic heterocycles. The molecule has 7 heteroatoms. The summed E-state index contributed by atoms with van der Waals surface area (Å²) in [4.78, 5) is 9.59. The van der Waals surface area contributed by atoms with Crippen LogP contribution < -0.4 is 10.5 Å². The first-order valence-corrected chi connectivity index (χ1v) is 4.97. The summed E-state index contributed by atoms with van der Waals surface area (Å²) in [6.45, 7) is 0. The van der Waals surface area contributed by atoms with Crippen molar-refractivity contribution < 1.29 is 17.8 Å². The van der Waals surface area contributed by atoms with Gasteiger partial charge in [0.1, 0.15) is 0 Å². The second-order valence-corrected chi connectivity index (χ2v) is 3.67. The van der Waals surface area contributed by atoms with Gasteiger partial charge in [0.2, 0.25) is 0 Å². The second kappa shape index (κ2) is 3.64. The zero-order chi connectivity index (χ0) is 10.8. The zero-order valence-corrected chi connectivity index (χ0v) is 7.78. The summed E-state index contributed by atoms with van der Waals surface area (Å²) in [5, 5.41) is 0. The molecule has 4 N–H and O–H groups in total. The van der Waals surface area contributed by atoms with E-state index in [0.717, 1.165) is 4.72 Å². The van der Waals surface area contributed by atoms with Crippen LogP contribution in [0.25, 0.3) is 11.1 Å². The highest BCUT2D eigenvalue weighted by Crippen LogP contribution is 2.29. The van der Waals surface area contributed by atoms with Gasteiger partial charge in [0, 0.05) is 0 Å². The van der Waals surface area contributed by atoms with Crippen molar-refractivity contribution in [2.24, 2.45) is 5.73 Å². The number of rotatable bonds is 1. The molecule has 0 fully saturated rings. The van der Waals surface area contributed by atoms with Crippen molar-refractivity contribution in [3.8, 4) is 11.1 Å². The number of carbonyl (C=O) groups is 1. The first kappa shape index (κ1) is 10.5. The lowest BCUT2D eigenvalue weighted by atomic mass is 9.95. The lowest BCUT2D eigenvalue weighted by Gasteiger charge is -2.10. The average Bonchev–Trinajstić information content (AvgIpc) is 1.92. The largest absolute Gasteiger partial charge is 0.361 e. The van der Waals surface area contributed by atoms with Crippen LogP contribution in [0.15, 0.2) is 24.3 Å². The Morgan fingerprint density at radius 2 is 1.57 bits per heavy atom. The standard InChI is InChI=1S/C6H4.CH4N2O4S/c1-2-6-4-3-5(1)6;2-1(4)3-8(5,6)7/h1-4H;(H3,2,3,4)(H,5,6,7). The number of nitrogens with one attached hydrogen (secondary N) is 1. The summed E-state index contributed by atoms with van der Waals surface area (Å²) in [7, 11) is -4.45. The Morgan fingerprint density at radius 3 is 1.57 bits per heavy atom. The van der Waals surface area contributed by atoms with E-state index in [-0.39, 0.29) is 0 Å². The van der Waals surface area contributed by atoms with Crippen LogP contribution in [0.4, 0.5) is 4.79 Å². The molecule has 2 amide bonds. The Balaban J connectivity index is 0.000000143. The van der Waals surface area contributed by atoms with Gasteiger partial charge in [-0.2, -0.15) is 8.42 Å². The van der Waals surface area contributed by atoms with Gasteiger partial charge in [-0.05, 0) is 11.1 Å². The third kappa shape index (κ3) is 3.04. The highest BCUT2D eigenvalue weighted by atomic mass is 32.2. The lowest BCUT2D eigenvalue weighted by molar-refractivity contribution is 0.252. The van der Waals surface area contributed by atoms with E-state index in [9.17, 15) is 13.2 Å². The highest BCUT2D eigenvalue weighted by molar-refractivity contribution is 7.84. The summed E-state index contributed by atoms with van der Waals surface area (Å²) < 4.78 is 28.0. The van der Waals surface area contributed by atoms with Gasteiger partial charge < -0.3 is 5.73 Å². The van der Waals surface area contributed by atoms with Crippen molar-refractivity contribution in [1.29, 1.82) is 0 Å². The second-order valence-electron chi connectivity index (χ2n) is 2.52. The van der Waals surface area contributed by atoms with Gasteiger partial charge in [-0.1, -0.05) is 24.3 Å². The molecular weight excluding hydrogens is 208 g/mol. The topological polar surface area (TPSA) is 109 Å². The van der Waals surface area contributed by atoms with Crippen LogP contribution in [0, 0.1) is 0 Å². The van der Waals surface area contributed by atoms with E-state index in [0.29, 0.717) is 0 Å². The molecule has 0 aliphatic heterocycles. The van der Waals surface area contributed by atoms with E-state index in [1.54, 1.807) is 0 Å². The number of urea groups is 1. The van der Waals surface area contributed by atoms with Crippen molar-refractivity contribution in [3.05, 3.63) is 24.3 Å². The Morgan fingerprint density at radius 1 is 1.21 bits per heavy atom. The molecule has 0 bridgehead atoms. The Kier molecular flexibility index (Phi) is 2.73. The van der Waals surface area contributed by atoms with Gasteiger partial charge in [-0.15, -0.1) is 0 Å². The number of hydrogen-bond donors (Lipinski definition) is 3. The van der Waals surface area contributed by atoms with E-state index >= 15 is 0 Å². The van der Waals surface area contributed by atoms with Crippen molar-refractivity contribution in [3.63, 3.8) is 0 Å². The van der Waals surface area contributed by atoms with E-state index in [1.807, 2.05) is 0 Å². The molecule has 2 aliphatic carbocycles. The fourth-order valence-electron chi connectivity index (χ4n) is 0.790. The first-order chi connectivity index (χ1) is 6.38. The molecule has 14 heavy (non-hydrogen) atoms. The molecule has 6 nitrogen and oxygen atoms in total. The summed E-state index contributed by atoms with van der Waals surface area (Å²) in [5.41, 5.74) is 7.14. The molecule has 0 aromatic rings. The van der Waals surface area contributed by atoms with Crippen molar-refractivity contribution in [2.75, 3.05) is 0 Å². The minimum absolute atomic E-state index is 1.05. The number of benzene rings is 1. The molecule has 76 valence electrons. The van der Waals surface area contributed by atoms with Crippen molar-refractivity contribution >= 4 is 16.3 Å². The molecule has 0 saturated heterocycles. The smallest absolute Gasteiger partial charge is 0.351 e. The van der Waals surface area contributed by atoms with Crippen LogP contribution in [0.3, 0.4) is 0 Å². The van der Waals surface area contributed by atoms with Crippen LogP contribution in [-0.4, -0.2) is 19.0 Å². The Hall–Kier alpha value is -1.60. The lowest BCUT2D eigenvalue weighted by Crippen LogP contribution is -2.34. The van der Waals surface area contributed by atoms with Crippen molar-refractivity contribution in [1.82, 2.24) is 4.72 Å². The number of carbonyl (C=O) groups excluding carboxylic acids is 1. The fourth-order valence-corrected chi connectivity index (χ4v) is 1.04. The van der Waals surface area contributed by atoms with Crippen LogP contribution in [0.2, 0.25) is 0 Å². The SMILES string of the molecule is NC(=O)NS(=O)(=O)O.c1cc2ccc1-2. The molecule has 0 saturated carbocycles. The van der Waals surface area contributed by atoms with Gasteiger partial charge in [0.25, 0.3) is 0 Å². The van der Waals surface area contributed by atoms with Gasteiger partial charge in [-0.3, -0.25) is 4.55 Å². The third-order valence-corrected chi connectivity index (χ3v) is 1.91. The van der Waals surface area contributed by atoms with Gasteiger partial charge in [0.15, 0.2) is 0 Å². The molecular formula is C7H8N2O4S. The predicted octanol–water partition coefficient (Wildman–Crippen LogP) is 0.125. The predicted molar refractivity (Wildman–Crippen MR) is 49.7 cm³/mol. The van der Waals surface area contributed by atoms with Crippen LogP contribution in [0.5, 0.6) is 0 Å². The summed E-state index contributed by atoms with van der Waals surface area (Å²) >= 11 is 0. The minimum atomic E-state index is -4.45. The maximum Gasteiger partial charge on any atom is 0.361 e. The molecule has 0 radical (unpaired) electrons. The first-order valence-electron chi connectivity index (χ1n) is 3.53. The van der Waals surface area contributed by atoms with Crippen molar-refractivity contribution in [2.45, 2.75) is 0 Å². The molecule has 0 unspecified atom stereocenters. The maximum absolute atomic E-state index is 9.59. The average molecular weight is 216 g/mol. The summed E-state index contributed by atoms with van der Waals surface area (Å²) in [6.07, 6.45) is 0. The number of fused-ring (bicyclic) bond motifs is 1.